The molecule has 17 heavy (non-hydrogen) atoms. The van der Waals surface area contributed by atoms with Crippen molar-refractivity contribution < 1.29 is 4.79 Å². The first-order valence-electron chi connectivity index (χ1n) is 6.04. The average molecular weight is 228 g/mol. The molecule has 0 fully saturated rings. The minimum absolute atomic E-state index is 0.0812. The molecular formula is C14H16N2O. The lowest BCUT2D eigenvalue weighted by Gasteiger charge is -2.16. The maximum atomic E-state index is 11.5. The van der Waals surface area contributed by atoms with Gasteiger partial charge in [-0.1, -0.05) is 18.2 Å². The van der Waals surface area contributed by atoms with Gasteiger partial charge in [0.2, 0.25) is 5.91 Å². The lowest BCUT2D eigenvalue weighted by molar-refractivity contribution is -0.120. The molecule has 0 saturated heterocycles. The molecule has 2 rings (SSSR count). The quantitative estimate of drug-likeness (QED) is 0.801. The van der Waals surface area contributed by atoms with E-state index < -0.39 is 0 Å². The highest BCUT2D eigenvalue weighted by atomic mass is 16.1. The van der Waals surface area contributed by atoms with Crippen molar-refractivity contribution in [2.75, 3.05) is 6.54 Å². The van der Waals surface area contributed by atoms with E-state index >= 15 is 0 Å². The van der Waals surface area contributed by atoms with E-state index in [2.05, 4.69) is 17.4 Å². The second kappa shape index (κ2) is 5.49. The second-order valence-corrected chi connectivity index (χ2v) is 4.42. The van der Waals surface area contributed by atoms with E-state index in [9.17, 15) is 4.79 Å². The van der Waals surface area contributed by atoms with E-state index in [-0.39, 0.29) is 12.5 Å². The number of hydrogen-bond donors (Lipinski definition) is 1. The number of amides is 1. The Kier molecular flexibility index (Phi) is 3.77. The molecule has 0 spiro atoms. The molecule has 3 heteroatoms. The molecule has 0 aliphatic heterocycles. The Balaban J connectivity index is 2.02. The summed E-state index contributed by atoms with van der Waals surface area (Å²) in [5, 5.41) is 10.9. The van der Waals surface area contributed by atoms with Gasteiger partial charge in [0.25, 0.3) is 0 Å². The number of rotatable bonds is 3. The Bertz CT molecular complexity index is 460. The highest BCUT2D eigenvalue weighted by Crippen LogP contribution is 2.22. The minimum atomic E-state index is -0.0812. The molecule has 1 aliphatic carbocycles. The summed E-state index contributed by atoms with van der Waals surface area (Å²) in [5.74, 6) is -0.0812. The SMILES string of the molecule is N#CCNC(=O)Cc1ccc2c(c1)CCCC2. The van der Waals surface area contributed by atoms with Gasteiger partial charge in [0.1, 0.15) is 6.54 Å². The molecule has 3 nitrogen and oxygen atoms in total. The summed E-state index contributed by atoms with van der Waals surface area (Å²) in [7, 11) is 0. The average Bonchev–Trinajstić information content (AvgIpc) is 2.36. The van der Waals surface area contributed by atoms with Crippen molar-refractivity contribution in [2.45, 2.75) is 32.1 Å². The number of benzene rings is 1. The first kappa shape index (κ1) is 11.7. The molecule has 0 aromatic heterocycles. The van der Waals surface area contributed by atoms with Crippen LogP contribution in [-0.4, -0.2) is 12.5 Å². The Hall–Kier alpha value is -1.82. The van der Waals surface area contributed by atoms with Crippen molar-refractivity contribution in [3.8, 4) is 6.07 Å². The van der Waals surface area contributed by atoms with Crippen molar-refractivity contribution in [1.82, 2.24) is 5.32 Å². The number of nitrogens with one attached hydrogen (secondary N) is 1. The van der Waals surface area contributed by atoms with Crippen LogP contribution in [0, 0.1) is 11.3 Å². The molecule has 1 aromatic carbocycles. The standard InChI is InChI=1S/C14H16N2O/c15-7-8-16-14(17)10-11-5-6-12-3-1-2-4-13(12)9-11/h5-6,9H,1-4,8,10H2,(H,16,17). The number of carbonyl (C=O) groups excluding carboxylic acids is 1. The molecule has 88 valence electrons. The van der Waals surface area contributed by atoms with Crippen LogP contribution in [-0.2, 0) is 24.1 Å². The van der Waals surface area contributed by atoms with Crippen LogP contribution in [0.3, 0.4) is 0 Å². The Morgan fingerprint density at radius 3 is 2.82 bits per heavy atom. The fraction of sp³-hybridized carbons (Fsp3) is 0.429. The van der Waals surface area contributed by atoms with Gasteiger partial charge in [0, 0.05) is 0 Å². The predicted octanol–water partition coefficient (Wildman–Crippen LogP) is 1.75. The molecule has 1 aromatic rings. The molecule has 0 unspecified atom stereocenters. The van der Waals surface area contributed by atoms with E-state index in [0.29, 0.717) is 6.42 Å². The van der Waals surface area contributed by atoms with E-state index in [1.165, 1.54) is 24.0 Å². The summed E-state index contributed by atoms with van der Waals surface area (Å²) in [6.07, 6.45) is 5.18. The zero-order valence-corrected chi connectivity index (χ0v) is 9.83. The zero-order chi connectivity index (χ0) is 12.1. The van der Waals surface area contributed by atoms with Gasteiger partial charge < -0.3 is 5.32 Å². The van der Waals surface area contributed by atoms with Crippen molar-refractivity contribution in [1.29, 1.82) is 5.26 Å². The highest BCUT2D eigenvalue weighted by molar-refractivity contribution is 5.78. The number of nitrogens with zero attached hydrogens (tertiary/aromatic N) is 1. The number of nitriles is 1. The summed E-state index contributed by atoms with van der Waals surface area (Å²) in [6.45, 7) is 0.0871. The van der Waals surface area contributed by atoms with Crippen molar-refractivity contribution in [3.05, 3.63) is 34.9 Å². The Labute approximate surface area is 101 Å². The van der Waals surface area contributed by atoms with Gasteiger partial charge in [-0.05, 0) is 42.4 Å². The van der Waals surface area contributed by atoms with Crippen LogP contribution >= 0.6 is 0 Å². The molecule has 0 heterocycles. The minimum Gasteiger partial charge on any atom is -0.343 e. The molecule has 0 atom stereocenters. The maximum Gasteiger partial charge on any atom is 0.225 e. The fourth-order valence-electron chi connectivity index (χ4n) is 2.28. The van der Waals surface area contributed by atoms with Crippen LogP contribution in [0.2, 0.25) is 0 Å². The number of carbonyl (C=O) groups is 1. The van der Waals surface area contributed by atoms with Crippen molar-refractivity contribution in [3.63, 3.8) is 0 Å². The molecule has 1 N–H and O–H groups in total. The van der Waals surface area contributed by atoms with Crippen molar-refractivity contribution in [2.24, 2.45) is 0 Å². The summed E-state index contributed by atoms with van der Waals surface area (Å²) in [5.41, 5.74) is 3.86. The van der Waals surface area contributed by atoms with E-state index in [0.717, 1.165) is 18.4 Å². The third-order valence-corrected chi connectivity index (χ3v) is 3.14. The lowest BCUT2D eigenvalue weighted by atomic mass is 9.90. The Morgan fingerprint density at radius 2 is 2.06 bits per heavy atom. The third-order valence-electron chi connectivity index (χ3n) is 3.14. The first-order valence-corrected chi connectivity index (χ1v) is 6.04. The molecule has 1 aliphatic rings. The van der Waals surface area contributed by atoms with Crippen LogP contribution in [0.5, 0.6) is 0 Å². The number of aryl methyl sites for hydroxylation is 2. The second-order valence-electron chi connectivity index (χ2n) is 4.42. The van der Waals surface area contributed by atoms with E-state index in [4.69, 9.17) is 5.26 Å². The van der Waals surface area contributed by atoms with Crippen LogP contribution in [0.15, 0.2) is 18.2 Å². The van der Waals surface area contributed by atoms with Gasteiger partial charge in [-0.2, -0.15) is 5.26 Å². The normalized spacial score (nSPS) is 13.6. The maximum absolute atomic E-state index is 11.5. The van der Waals surface area contributed by atoms with Gasteiger partial charge in [0.05, 0.1) is 12.5 Å². The summed E-state index contributed by atoms with van der Waals surface area (Å²) >= 11 is 0. The number of fused-ring (bicyclic) bond motifs is 1. The van der Waals surface area contributed by atoms with Gasteiger partial charge in [-0.3, -0.25) is 4.79 Å². The lowest BCUT2D eigenvalue weighted by Crippen LogP contribution is -2.25. The Morgan fingerprint density at radius 1 is 1.29 bits per heavy atom. The van der Waals surface area contributed by atoms with Gasteiger partial charge in [-0.15, -0.1) is 0 Å². The summed E-state index contributed by atoms with van der Waals surface area (Å²) < 4.78 is 0. The van der Waals surface area contributed by atoms with Gasteiger partial charge in [-0.25, -0.2) is 0 Å². The first-order chi connectivity index (χ1) is 8.29. The monoisotopic (exact) mass is 228 g/mol. The topological polar surface area (TPSA) is 52.9 Å². The van der Waals surface area contributed by atoms with Crippen LogP contribution in [0.25, 0.3) is 0 Å². The summed E-state index contributed by atoms with van der Waals surface area (Å²) in [4.78, 5) is 11.5. The largest absolute Gasteiger partial charge is 0.343 e. The van der Waals surface area contributed by atoms with Gasteiger partial charge >= 0.3 is 0 Å². The third kappa shape index (κ3) is 3.07. The van der Waals surface area contributed by atoms with E-state index in [1.807, 2.05) is 12.1 Å². The van der Waals surface area contributed by atoms with Crippen LogP contribution < -0.4 is 5.32 Å². The van der Waals surface area contributed by atoms with Gasteiger partial charge in [0.15, 0.2) is 0 Å². The highest BCUT2D eigenvalue weighted by Gasteiger charge is 2.10. The van der Waals surface area contributed by atoms with Crippen LogP contribution in [0.1, 0.15) is 29.5 Å². The molecule has 0 saturated carbocycles. The van der Waals surface area contributed by atoms with Crippen molar-refractivity contribution >= 4 is 5.91 Å². The zero-order valence-electron chi connectivity index (χ0n) is 9.83. The molecule has 1 amide bonds. The van der Waals surface area contributed by atoms with E-state index in [1.54, 1.807) is 0 Å². The predicted molar refractivity (Wildman–Crippen MR) is 65.4 cm³/mol. The fourth-order valence-corrected chi connectivity index (χ4v) is 2.28. The number of hydrogen-bond acceptors (Lipinski definition) is 2. The molecule has 0 radical (unpaired) electrons. The molecular weight excluding hydrogens is 212 g/mol. The molecule has 0 bridgehead atoms. The smallest absolute Gasteiger partial charge is 0.225 e. The van der Waals surface area contributed by atoms with Crippen LogP contribution in [0.4, 0.5) is 0 Å². The summed E-state index contributed by atoms with van der Waals surface area (Å²) in [6, 6.07) is 8.21.